The lowest BCUT2D eigenvalue weighted by atomic mass is 10.1. The van der Waals surface area contributed by atoms with Crippen LogP contribution < -0.4 is 8.37 Å². The summed E-state index contributed by atoms with van der Waals surface area (Å²) < 4.78 is 64.7. The molecule has 6 aromatic carbocycles. The van der Waals surface area contributed by atoms with E-state index in [9.17, 15) is 16.8 Å². The molecule has 0 saturated carbocycles. The van der Waals surface area contributed by atoms with Gasteiger partial charge < -0.3 is 8.37 Å². The molecule has 0 radical (unpaired) electrons. The van der Waals surface area contributed by atoms with Gasteiger partial charge in [0, 0.05) is 10.8 Å². The second-order valence-corrected chi connectivity index (χ2v) is 13.5. The molecule has 0 N–H and O–H groups in total. The van der Waals surface area contributed by atoms with E-state index in [4.69, 9.17) is 8.37 Å². The van der Waals surface area contributed by atoms with Crippen molar-refractivity contribution in [2.75, 3.05) is 0 Å². The molecular formula is C36H25N3O6S2. The van der Waals surface area contributed by atoms with Gasteiger partial charge in [0.15, 0.2) is 0 Å². The van der Waals surface area contributed by atoms with Crippen LogP contribution >= 0.6 is 0 Å². The third-order valence-electron chi connectivity index (χ3n) is 7.29. The summed E-state index contributed by atoms with van der Waals surface area (Å²) in [5, 5.41) is 10.2. The van der Waals surface area contributed by atoms with Gasteiger partial charge in [0.05, 0.1) is 5.69 Å². The first kappa shape index (κ1) is 29.9. The van der Waals surface area contributed by atoms with Gasteiger partial charge in [-0.3, -0.25) is 0 Å². The lowest BCUT2D eigenvalue weighted by Crippen LogP contribution is -2.12. The fraction of sp³-hybridized carbons (Fsp3) is 0. The van der Waals surface area contributed by atoms with Gasteiger partial charge in [0.1, 0.15) is 32.3 Å². The summed E-state index contributed by atoms with van der Waals surface area (Å²) in [4.78, 5) is 1.22. The summed E-state index contributed by atoms with van der Waals surface area (Å²) in [6.07, 6.45) is 3.52. The number of aromatic nitrogens is 3. The number of nitrogens with zero attached hydrogens (tertiary/aromatic N) is 3. The van der Waals surface area contributed by atoms with Crippen molar-refractivity contribution in [2.45, 2.75) is 9.79 Å². The summed E-state index contributed by atoms with van der Waals surface area (Å²) in [5.41, 5.74) is 2.57. The lowest BCUT2D eigenvalue weighted by Gasteiger charge is -2.11. The van der Waals surface area contributed by atoms with Crippen molar-refractivity contribution in [3.05, 3.63) is 151 Å². The van der Waals surface area contributed by atoms with Gasteiger partial charge >= 0.3 is 20.2 Å². The maximum Gasteiger partial charge on any atom is 0.339 e. The fourth-order valence-corrected chi connectivity index (χ4v) is 7.38. The molecule has 0 amide bonds. The van der Waals surface area contributed by atoms with Crippen molar-refractivity contribution in [1.82, 2.24) is 15.0 Å². The molecule has 0 bridgehead atoms. The van der Waals surface area contributed by atoms with Crippen LogP contribution in [0.3, 0.4) is 0 Å². The maximum atomic E-state index is 13.7. The second-order valence-electron chi connectivity index (χ2n) is 10.4. The smallest absolute Gasteiger partial charge is 0.339 e. The minimum atomic E-state index is -4.29. The van der Waals surface area contributed by atoms with Gasteiger partial charge in [-0.05, 0) is 59.7 Å². The standard InChI is InChI=1S/C36H25N3O6S2/c40-46(41,44-29-13-6-2-7-14-29)34-18-10-17-32-31(34)23-24-33-36(32)38-39(37-33)28-22-21-27(20-19-26-11-4-1-5-12-26)35(25-28)47(42,43)45-30-15-8-3-9-16-30/h1-25H/b20-19+. The number of benzene rings is 6. The topological polar surface area (TPSA) is 117 Å². The highest BCUT2D eigenvalue weighted by atomic mass is 32.2. The van der Waals surface area contributed by atoms with Gasteiger partial charge in [-0.15, -0.1) is 10.2 Å². The number of para-hydroxylation sites is 2. The molecule has 1 heterocycles. The van der Waals surface area contributed by atoms with Crippen molar-refractivity contribution in [3.63, 3.8) is 0 Å². The van der Waals surface area contributed by atoms with E-state index in [0.29, 0.717) is 33.1 Å². The van der Waals surface area contributed by atoms with Crippen molar-refractivity contribution < 1.29 is 25.2 Å². The Bertz CT molecular complexity index is 2480. The van der Waals surface area contributed by atoms with Crippen LogP contribution in [-0.4, -0.2) is 31.8 Å². The molecule has 0 aliphatic carbocycles. The van der Waals surface area contributed by atoms with Crippen LogP contribution in [0.1, 0.15) is 11.1 Å². The third kappa shape index (κ3) is 6.22. The average Bonchev–Trinajstić information content (AvgIpc) is 3.53. The Kier molecular flexibility index (Phi) is 7.76. The average molecular weight is 660 g/mol. The number of hydrogen-bond donors (Lipinski definition) is 0. The van der Waals surface area contributed by atoms with Crippen LogP contribution in [0.25, 0.3) is 39.6 Å². The van der Waals surface area contributed by atoms with Crippen LogP contribution in [0.15, 0.2) is 149 Å². The molecule has 9 nitrogen and oxygen atoms in total. The van der Waals surface area contributed by atoms with Crippen molar-refractivity contribution in [3.8, 4) is 17.2 Å². The Balaban J connectivity index is 1.31. The molecule has 7 aromatic rings. The van der Waals surface area contributed by atoms with Gasteiger partial charge in [-0.2, -0.15) is 21.6 Å². The Morgan fingerprint density at radius 3 is 1.81 bits per heavy atom. The molecule has 7 rings (SSSR count). The van der Waals surface area contributed by atoms with Gasteiger partial charge in [-0.1, -0.05) is 103 Å². The van der Waals surface area contributed by atoms with Crippen molar-refractivity contribution in [2.24, 2.45) is 0 Å². The Morgan fingerprint density at radius 1 is 0.532 bits per heavy atom. The summed E-state index contributed by atoms with van der Waals surface area (Å²) in [7, 11) is -8.47. The highest BCUT2D eigenvalue weighted by Gasteiger charge is 2.24. The first-order valence-electron chi connectivity index (χ1n) is 14.4. The molecule has 11 heteroatoms. The molecule has 0 unspecified atom stereocenters. The van der Waals surface area contributed by atoms with E-state index in [1.807, 2.05) is 36.4 Å². The van der Waals surface area contributed by atoms with Gasteiger partial charge in [-0.25, -0.2) is 0 Å². The number of fused-ring (bicyclic) bond motifs is 3. The molecule has 0 spiro atoms. The zero-order valence-electron chi connectivity index (χ0n) is 24.5. The molecule has 232 valence electrons. The number of hydrogen-bond acceptors (Lipinski definition) is 8. The van der Waals surface area contributed by atoms with E-state index >= 15 is 0 Å². The van der Waals surface area contributed by atoms with E-state index in [1.54, 1.807) is 103 Å². The maximum absolute atomic E-state index is 13.7. The Labute approximate surface area is 271 Å². The van der Waals surface area contributed by atoms with E-state index in [1.165, 1.54) is 16.9 Å². The van der Waals surface area contributed by atoms with Crippen LogP contribution in [-0.2, 0) is 20.2 Å². The van der Waals surface area contributed by atoms with Crippen molar-refractivity contribution >= 4 is 54.2 Å². The van der Waals surface area contributed by atoms with E-state index < -0.39 is 20.2 Å². The third-order valence-corrected chi connectivity index (χ3v) is 9.90. The quantitative estimate of drug-likeness (QED) is 0.117. The largest absolute Gasteiger partial charge is 0.379 e. The first-order chi connectivity index (χ1) is 22.8. The fourth-order valence-electron chi connectivity index (χ4n) is 5.09. The molecule has 0 atom stereocenters. The first-order valence-corrected chi connectivity index (χ1v) is 17.2. The molecule has 0 aliphatic rings. The summed E-state index contributed by atoms with van der Waals surface area (Å²) >= 11 is 0. The summed E-state index contributed by atoms with van der Waals surface area (Å²) in [5.74, 6) is 0.368. The van der Waals surface area contributed by atoms with Gasteiger partial charge in [0.2, 0.25) is 0 Å². The second kappa shape index (κ2) is 12.2. The molecule has 1 aromatic heterocycles. The zero-order valence-corrected chi connectivity index (χ0v) is 26.2. The van der Waals surface area contributed by atoms with Crippen LogP contribution in [0.4, 0.5) is 0 Å². The molecule has 0 saturated heterocycles. The molecule has 0 aliphatic heterocycles. The van der Waals surface area contributed by atoms with Gasteiger partial charge in [0.25, 0.3) is 0 Å². The minimum Gasteiger partial charge on any atom is -0.379 e. The Morgan fingerprint density at radius 2 is 1.15 bits per heavy atom. The normalized spacial score (nSPS) is 12.1. The van der Waals surface area contributed by atoms with Crippen LogP contribution in [0, 0.1) is 0 Å². The van der Waals surface area contributed by atoms with E-state index in [0.717, 1.165) is 5.56 Å². The lowest BCUT2D eigenvalue weighted by molar-refractivity contribution is 0.484. The van der Waals surface area contributed by atoms with Crippen LogP contribution in [0.5, 0.6) is 11.5 Å². The minimum absolute atomic E-state index is 0.0173. The van der Waals surface area contributed by atoms with Crippen molar-refractivity contribution in [1.29, 1.82) is 0 Å². The van der Waals surface area contributed by atoms with E-state index in [2.05, 4.69) is 10.2 Å². The monoisotopic (exact) mass is 659 g/mol. The summed E-state index contributed by atoms with van der Waals surface area (Å²) in [6.45, 7) is 0. The molecular weight excluding hydrogens is 635 g/mol. The molecule has 47 heavy (non-hydrogen) atoms. The Hall–Kier alpha value is -5.78. The summed E-state index contributed by atoms with van der Waals surface area (Å²) in [6, 6.07) is 39.0. The highest BCUT2D eigenvalue weighted by Crippen LogP contribution is 2.31. The number of rotatable bonds is 9. The highest BCUT2D eigenvalue weighted by molar-refractivity contribution is 7.87. The van der Waals surface area contributed by atoms with Crippen LogP contribution in [0.2, 0.25) is 0 Å². The predicted molar refractivity (Wildman–Crippen MR) is 180 cm³/mol. The zero-order chi connectivity index (χ0) is 32.4. The molecule has 0 fully saturated rings. The SMILES string of the molecule is O=S(=O)(Oc1ccccc1)c1cc(-n2nc3ccc4c(S(=O)(=O)Oc5ccccc5)cccc4c3n2)ccc1/C=C/c1ccccc1. The predicted octanol–water partition coefficient (Wildman–Crippen LogP) is 7.28. The van der Waals surface area contributed by atoms with E-state index in [-0.39, 0.29) is 21.3 Å².